The molecule has 2 aromatic carbocycles. The summed E-state index contributed by atoms with van der Waals surface area (Å²) in [4.78, 5) is 37.8. The number of benzene rings is 2. The van der Waals surface area contributed by atoms with Crippen LogP contribution in [0.1, 0.15) is 44.1 Å². The van der Waals surface area contributed by atoms with Crippen LogP contribution in [0, 0.1) is 0 Å². The van der Waals surface area contributed by atoms with E-state index in [1.165, 1.54) is 6.26 Å². The standard InChI is InChI=1S/C24H23N3O5/c25-22(28)16-3-7-19(8-4-16)32-20-9-5-17(6-10-20)23(29)26-18-11-13-27(14-12-18)24(30)21-2-1-15-31-21/h1-10,15,18H,11-14H2,(H2,25,28)(H,26,29). The Morgan fingerprint density at radius 2 is 1.50 bits per heavy atom. The number of amides is 3. The summed E-state index contributed by atoms with van der Waals surface area (Å²) < 4.78 is 10.9. The Balaban J connectivity index is 1.28. The number of piperidine rings is 1. The normalized spacial score (nSPS) is 14.1. The van der Waals surface area contributed by atoms with E-state index in [1.54, 1.807) is 65.6 Å². The van der Waals surface area contributed by atoms with Crippen molar-refractivity contribution in [2.75, 3.05) is 13.1 Å². The zero-order chi connectivity index (χ0) is 22.5. The molecule has 8 nitrogen and oxygen atoms in total. The van der Waals surface area contributed by atoms with Crippen molar-refractivity contribution in [1.29, 1.82) is 0 Å². The van der Waals surface area contributed by atoms with Crippen LogP contribution in [-0.4, -0.2) is 41.8 Å². The fourth-order valence-corrected chi connectivity index (χ4v) is 3.55. The molecule has 0 aliphatic carbocycles. The molecule has 0 radical (unpaired) electrons. The highest BCUT2D eigenvalue weighted by Crippen LogP contribution is 2.22. The Bertz CT molecular complexity index is 1080. The fourth-order valence-electron chi connectivity index (χ4n) is 3.55. The van der Waals surface area contributed by atoms with E-state index in [2.05, 4.69) is 5.32 Å². The van der Waals surface area contributed by atoms with Gasteiger partial charge in [-0.2, -0.15) is 0 Å². The van der Waals surface area contributed by atoms with Gasteiger partial charge in [0.1, 0.15) is 11.5 Å². The first-order valence-corrected chi connectivity index (χ1v) is 10.3. The van der Waals surface area contributed by atoms with Crippen LogP contribution in [0.3, 0.4) is 0 Å². The van der Waals surface area contributed by atoms with Crippen molar-refractivity contribution < 1.29 is 23.5 Å². The molecule has 1 fully saturated rings. The predicted molar refractivity (Wildman–Crippen MR) is 117 cm³/mol. The summed E-state index contributed by atoms with van der Waals surface area (Å²) in [5, 5.41) is 3.03. The maximum absolute atomic E-state index is 12.6. The van der Waals surface area contributed by atoms with E-state index in [9.17, 15) is 14.4 Å². The summed E-state index contributed by atoms with van der Waals surface area (Å²) in [6, 6.07) is 16.6. The Labute approximate surface area is 185 Å². The van der Waals surface area contributed by atoms with Crippen molar-refractivity contribution in [3.8, 4) is 11.5 Å². The summed E-state index contributed by atoms with van der Waals surface area (Å²) in [5.74, 6) is 0.666. The van der Waals surface area contributed by atoms with Crippen LogP contribution in [0.15, 0.2) is 71.3 Å². The van der Waals surface area contributed by atoms with Crippen molar-refractivity contribution in [3.63, 3.8) is 0 Å². The third kappa shape index (κ3) is 4.97. The number of carbonyl (C=O) groups is 3. The maximum atomic E-state index is 12.6. The van der Waals surface area contributed by atoms with Gasteiger partial charge < -0.3 is 25.1 Å². The molecular weight excluding hydrogens is 410 g/mol. The molecule has 1 aliphatic rings. The van der Waals surface area contributed by atoms with Gasteiger partial charge in [-0.05, 0) is 73.5 Å². The SMILES string of the molecule is NC(=O)c1ccc(Oc2ccc(C(=O)NC3CCN(C(=O)c4ccco4)CC3)cc2)cc1. The minimum Gasteiger partial charge on any atom is -0.459 e. The highest BCUT2D eigenvalue weighted by Gasteiger charge is 2.26. The number of hydrogen-bond donors (Lipinski definition) is 2. The number of ether oxygens (including phenoxy) is 1. The van der Waals surface area contributed by atoms with Gasteiger partial charge >= 0.3 is 0 Å². The van der Waals surface area contributed by atoms with Crippen LogP contribution in [0.4, 0.5) is 0 Å². The van der Waals surface area contributed by atoms with Gasteiger partial charge in [0.05, 0.1) is 6.26 Å². The lowest BCUT2D eigenvalue weighted by Crippen LogP contribution is -2.46. The number of primary amides is 1. The summed E-state index contributed by atoms with van der Waals surface area (Å²) in [5.41, 5.74) is 6.16. The zero-order valence-corrected chi connectivity index (χ0v) is 17.3. The lowest BCUT2D eigenvalue weighted by molar-refractivity contribution is 0.0667. The minimum atomic E-state index is -0.498. The molecule has 3 aromatic rings. The Morgan fingerprint density at radius 3 is 2.03 bits per heavy atom. The third-order valence-corrected chi connectivity index (χ3v) is 5.34. The monoisotopic (exact) mass is 433 g/mol. The molecule has 3 amide bonds. The maximum Gasteiger partial charge on any atom is 0.289 e. The molecule has 0 bridgehead atoms. The van der Waals surface area contributed by atoms with E-state index in [0.29, 0.717) is 54.3 Å². The minimum absolute atomic E-state index is 0.00264. The van der Waals surface area contributed by atoms with Crippen LogP contribution < -0.4 is 15.8 Å². The molecule has 1 aliphatic heterocycles. The van der Waals surface area contributed by atoms with Gasteiger partial charge in [0.15, 0.2) is 5.76 Å². The first-order valence-electron chi connectivity index (χ1n) is 10.3. The largest absolute Gasteiger partial charge is 0.459 e. The van der Waals surface area contributed by atoms with Crippen molar-refractivity contribution in [2.45, 2.75) is 18.9 Å². The van der Waals surface area contributed by atoms with Crippen LogP contribution in [-0.2, 0) is 0 Å². The van der Waals surface area contributed by atoms with Crippen LogP contribution in [0.5, 0.6) is 11.5 Å². The van der Waals surface area contributed by atoms with Crippen LogP contribution >= 0.6 is 0 Å². The second-order valence-electron chi connectivity index (χ2n) is 7.53. The molecule has 164 valence electrons. The van der Waals surface area contributed by atoms with Crippen LogP contribution in [0.25, 0.3) is 0 Å². The number of likely N-dealkylation sites (tertiary alicyclic amines) is 1. The third-order valence-electron chi connectivity index (χ3n) is 5.34. The highest BCUT2D eigenvalue weighted by molar-refractivity contribution is 5.95. The van der Waals surface area contributed by atoms with E-state index >= 15 is 0 Å². The van der Waals surface area contributed by atoms with Crippen molar-refractivity contribution in [1.82, 2.24) is 10.2 Å². The lowest BCUT2D eigenvalue weighted by atomic mass is 10.0. The van der Waals surface area contributed by atoms with Crippen molar-refractivity contribution in [3.05, 3.63) is 83.8 Å². The van der Waals surface area contributed by atoms with E-state index < -0.39 is 5.91 Å². The van der Waals surface area contributed by atoms with Gasteiger partial charge in [-0.15, -0.1) is 0 Å². The molecule has 2 heterocycles. The second-order valence-corrected chi connectivity index (χ2v) is 7.53. The topological polar surface area (TPSA) is 115 Å². The number of furan rings is 1. The number of nitrogens with two attached hydrogens (primary N) is 1. The molecule has 0 spiro atoms. The van der Waals surface area contributed by atoms with E-state index in [0.717, 1.165) is 0 Å². The Kier molecular flexibility index (Phi) is 6.21. The van der Waals surface area contributed by atoms with Gasteiger partial charge in [-0.25, -0.2) is 0 Å². The summed E-state index contributed by atoms with van der Waals surface area (Å²) in [7, 11) is 0. The second kappa shape index (κ2) is 9.38. The molecule has 8 heteroatoms. The molecule has 0 saturated carbocycles. The van der Waals surface area contributed by atoms with Gasteiger partial charge in [-0.3, -0.25) is 14.4 Å². The van der Waals surface area contributed by atoms with Gasteiger partial charge in [0, 0.05) is 30.3 Å². The van der Waals surface area contributed by atoms with Gasteiger partial charge in [-0.1, -0.05) is 0 Å². The van der Waals surface area contributed by atoms with E-state index in [4.69, 9.17) is 14.9 Å². The van der Waals surface area contributed by atoms with Gasteiger partial charge in [0.2, 0.25) is 5.91 Å². The molecule has 0 atom stereocenters. The predicted octanol–water partition coefficient (Wildman–Crippen LogP) is 3.21. The van der Waals surface area contributed by atoms with Crippen molar-refractivity contribution in [2.24, 2.45) is 5.73 Å². The Hall–Kier alpha value is -4.07. The van der Waals surface area contributed by atoms with Gasteiger partial charge in [0.25, 0.3) is 11.8 Å². The summed E-state index contributed by atoms with van der Waals surface area (Å²) in [6.07, 6.45) is 2.84. The molecule has 4 rings (SSSR count). The zero-order valence-electron chi connectivity index (χ0n) is 17.3. The van der Waals surface area contributed by atoms with E-state index in [-0.39, 0.29) is 17.9 Å². The number of hydrogen-bond acceptors (Lipinski definition) is 5. The number of rotatable bonds is 6. The number of nitrogens with one attached hydrogen (secondary N) is 1. The average Bonchev–Trinajstić information content (AvgIpc) is 3.35. The molecular formula is C24H23N3O5. The number of nitrogens with zero attached hydrogens (tertiary/aromatic N) is 1. The molecule has 0 unspecified atom stereocenters. The molecule has 1 aromatic heterocycles. The molecule has 32 heavy (non-hydrogen) atoms. The fraction of sp³-hybridized carbons (Fsp3) is 0.208. The Morgan fingerprint density at radius 1 is 0.906 bits per heavy atom. The summed E-state index contributed by atoms with van der Waals surface area (Å²) >= 11 is 0. The average molecular weight is 433 g/mol. The van der Waals surface area contributed by atoms with E-state index in [1.807, 2.05) is 0 Å². The highest BCUT2D eigenvalue weighted by atomic mass is 16.5. The first-order chi connectivity index (χ1) is 15.5. The molecule has 3 N–H and O–H groups in total. The van der Waals surface area contributed by atoms with Crippen LogP contribution in [0.2, 0.25) is 0 Å². The smallest absolute Gasteiger partial charge is 0.289 e. The summed E-state index contributed by atoms with van der Waals surface area (Å²) in [6.45, 7) is 1.12. The first kappa shape index (κ1) is 21.2. The quantitative estimate of drug-likeness (QED) is 0.619. The molecule has 1 saturated heterocycles. The van der Waals surface area contributed by atoms with Crippen molar-refractivity contribution >= 4 is 17.7 Å². The number of carbonyl (C=O) groups excluding carboxylic acids is 3. The lowest BCUT2D eigenvalue weighted by Gasteiger charge is -2.31.